The van der Waals surface area contributed by atoms with Crippen LogP contribution in [0, 0.1) is 0 Å². The standard InChI is InChI=1S/C25H24ClN3O3S2/c1-15(30)13-17-11-12-27-25(28-17)20-7-4-5-16-14-22(33-24(16)20)23(19-6-2-3-8-21(19)26)29-34(31,32)18-9-10-18/h2-8,11-12,14-15,18,23,29-30H,9-10,13H2,1H3. The predicted octanol–water partition coefficient (Wildman–Crippen LogP) is 5.11. The molecular weight excluding hydrogens is 490 g/mol. The zero-order chi connectivity index (χ0) is 23.9. The molecule has 4 aromatic rings. The average molecular weight is 514 g/mol. The molecule has 2 aromatic carbocycles. The van der Waals surface area contributed by atoms with Gasteiger partial charge in [0, 0.05) is 38.5 Å². The van der Waals surface area contributed by atoms with Crippen molar-refractivity contribution in [3.63, 3.8) is 0 Å². The summed E-state index contributed by atoms with van der Waals surface area (Å²) >= 11 is 8.02. The lowest BCUT2D eigenvalue weighted by molar-refractivity contribution is 0.194. The van der Waals surface area contributed by atoms with Gasteiger partial charge in [0.2, 0.25) is 10.0 Å². The number of hydrogen-bond acceptors (Lipinski definition) is 6. The van der Waals surface area contributed by atoms with Crippen LogP contribution in [0.5, 0.6) is 0 Å². The van der Waals surface area contributed by atoms with E-state index in [9.17, 15) is 13.5 Å². The van der Waals surface area contributed by atoms with E-state index in [1.54, 1.807) is 25.3 Å². The topological polar surface area (TPSA) is 92.2 Å². The number of sulfonamides is 1. The molecule has 2 heterocycles. The van der Waals surface area contributed by atoms with Gasteiger partial charge in [-0.1, -0.05) is 41.9 Å². The van der Waals surface area contributed by atoms with Gasteiger partial charge in [-0.25, -0.2) is 23.1 Å². The van der Waals surface area contributed by atoms with E-state index in [1.807, 2.05) is 42.5 Å². The van der Waals surface area contributed by atoms with Crippen molar-refractivity contribution in [1.82, 2.24) is 14.7 Å². The molecule has 1 aliphatic rings. The van der Waals surface area contributed by atoms with E-state index in [2.05, 4.69) is 14.7 Å². The van der Waals surface area contributed by atoms with Gasteiger partial charge in [0.25, 0.3) is 0 Å². The number of hydrogen-bond donors (Lipinski definition) is 2. The molecule has 0 bridgehead atoms. The molecule has 0 spiro atoms. The summed E-state index contributed by atoms with van der Waals surface area (Å²) in [5.41, 5.74) is 2.35. The molecule has 6 nitrogen and oxygen atoms in total. The lowest BCUT2D eigenvalue weighted by atomic mass is 10.1. The van der Waals surface area contributed by atoms with Crippen LogP contribution in [0.3, 0.4) is 0 Å². The van der Waals surface area contributed by atoms with Gasteiger partial charge in [-0.2, -0.15) is 0 Å². The zero-order valence-corrected chi connectivity index (χ0v) is 20.9. The minimum atomic E-state index is -3.47. The number of fused-ring (bicyclic) bond motifs is 1. The van der Waals surface area contributed by atoms with Crippen molar-refractivity contribution in [3.05, 3.63) is 82.0 Å². The zero-order valence-electron chi connectivity index (χ0n) is 18.5. The third-order valence-electron chi connectivity index (χ3n) is 5.77. The van der Waals surface area contributed by atoms with Crippen LogP contribution in [-0.4, -0.2) is 34.8 Å². The molecule has 2 aromatic heterocycles. The predicted molar refractivity (Wildman–Crippen MR) is 137 cm³/mol. The molecule has 2 atom stereocenters. The van der Waals surface area contributed by atoms with Gasteiger partial charge in [-0.3, -0.25) is 0 Å². The Morgan fingerprint density at radius 1 is 1.18 bits per heavy atom. The SMILES string of the molecule is CC(O)Cc1ccnc(-c2cccc3cc(C(NS(=O)(=O)C4CC4)c4ccccc4Cl)sc23)n1. The summed E-state index contributed by atoms with van der Waals surface area (Å²) < 4.78 is 29.7. The minimum Gasteiger partial charge on any atom is -0.393 e. The van der Waals surface area contributed by atoms with Gasteiger partial charge in [0.05, 0.1) is 17.4 Å². The Labute approximate surface area is 207 Å². The van der Waals surface area contributed by atoms with Crippen LogP contribution < -0.4 is 4.72 Å². The number of thiophene rings is 1. The summed E-state index contributed by atoms with van der Waals surface area (Å²) in [5.74, 6) is 0.574. The molecule has 176 valence electrons. The van der Waals surface area contributed by atoms with Crippen LogP contribution >= 0.6 is 22.9 Å². The second-order valence-corrected chi connectivity index (χ2v) is 12.1. The fourth-order valence-corrected chi connectivity index (χ4v) is 7.06. The maximum Gasteiger partial charge on any atom is 0.215 e. The number of rotatable bonds is 8. The van der Waals surface area contributed by atoms with Gasteiger partial charge in [-0.15, -0.1) is 11.3 Å². The van der Waals surface area contributed by atoms with Crippen LogP contribution in [0.1, 0.15) is 41.9 Å². The van der Waals surface area contributed by atoms with Crippen molar-refractivity contribution in [3.8, 4) is 11.4 Å². The number of halogens is 1. The Kier molecular flexibility index (Phi) is 6.43. The molecule has 0 amide bonds. The van der Waals surface area contributed by atoms with E-state index < -0.39 is 22.2 Å². The van der Waals surface area contributed by atoms with E-state index in [-0.39, 0.29) is 5.25 Å². The van der Waals surface area contributed by atoms with Crippen molar-refractivity contribution in [2.45, 2.75) is 43.6 Å². The van der Waals surface area contributed by atoms with E-state index in [1.165, 1.54) is 11.3 Å². The summed E-state index contributed by atoms with van der Waals surface area (Å²) in [4.78, 5) is 9.97. The Morgan fingerprint density at radius 3 is 2.71 bits per heavy atom. The largest absolute Gasteiger partial charge is 0.393 e. The Bertz CT molecular complexity index is 1450. The van der Waals surface area contributed by atoms with E-state index in [0.29, 0.717) is 30.1 Å². The highest BCUT2D eigenvalue weighted by atomic mass is 35.5. The van der Waals surface area contributed by atoms with Crippen LogP contribution in [0.4, 0.5) is 0 Å². The van der Waals surface area contributed by atoms with Crippen LogP contribution in [0.25, 0.3) is 21.5 Å². The first kappa shape index (κ1) is 23.4. The number of aliphatic hydroxyl groups excluding tert-OH is 1. The molecule has 34 heavy (non-hydrogen) atoms. The van der Waals surface area contributed by atoms with Crippen molar-refractivity contribution < 1.29 is 13.5 Å². The van der Waals surface area contributed by atoms with Gasteiger partial charge in [0.1, 0.15) is 0 Å². The van der Waals surface area contributed by atoms with Crippen molar-refractivity contribution in [1.29, 1.82) is 0 Å². The average Bonchev–Trinajstić information content (AvgIpc) is 3.57. The molecule has 5 rings (SSSR count). The molecule has 1 fully saturated rings. The second-order valence-electron chi connectivity index (χ2n) is 8.61. The quantitative estimate of drug-likeness (QED) is 0.341. The molecule has 9 heteroatoms. The molecule has 1 aliphatic carbocycles. The first-order valence-electron chi connectivity index (χ1n) is 11.1. The summed E-state index contributed by atoms with van der Waals surface area (Å²) in [6.07, 6.45) is 3.01. The van der Waals surface area contributed by atoms with Gasteiger partial charge < -0.3 is 5.11 Å². The van der Waals surface area contributed by atoms with Gasteiger partial charge in [-0.05, 0) is 55.0 Å². The Morgan fingerprint density at radius 2 is 1.97 bits per heavy atom. The maximum absolute atomic E-state index is 12.9. The highest BCUT2D eigenvalue weighted by molar-refractivity contribution is 7.90. The highest BCUT2D eigenvalue weighted by Crippen LogP contribution is 2.40. The summed E-state index contributed by atoms with van der Waals surface area (Å²) in [7, 11) is -3.47. The van der Waals surface area contributed by atoms with Crippen LogP contribution in [0.2, 0.25) is 5.02 Å². The van der Waals surface area contributed by atoms with Crippen molar-refractivity contribution in [2.24, 2.45) is 0 Å². The second kappa shape index (κ2) is 9.36. The lowest BCUT2D eigenvalue weighted by Gasteiger charge is -2.19. The first-order valence-corrected chi connectivity index (χ1v) is 13.8. The molecule has 1 saturated carbocycles. The third-order valence-corrected chi connectivity index (χ3v) is 9.27. The molecular formula is C25H24ClN3O3S2. The summed E-state index contributed by atoms with van der Waals surface area (Å²) in [5, 5.41) is 10.9. The van der Waals surface area contributed by atoms with Crippen LogP contribution in [0.15, 0.2) is 60.8 Å². The number of aromatic nitrogens is 2. The van der Waals surface area contributed by atoms with Crippen molar-refractivity contribution >= 4 is 43.0 Å². The monoisotopic (exact) mass is 513 g/mol. The maximum atomic E-state index is 12.9. The first-order chi connectivity index (χ1) is 16.3. The number of nitrogens with one attached hydrogen (secondary N) is 1. The minimum absolute atomic E-state index is 0.340. The Balaban J connectivity index is 1.60. The van der Waals surface area contributed by atoms with Crippen molar-refractivity contribution in [2.75, 3.05) is 0 Å². The molecule has 0 radical (unpaired) electrons. The molecule has 0 aliphatic heterocycles. The number of aliphatic hydroxyl groups is 1. The summed E-state index contributed by atoms with van der Waals surface area (Å²) in [6.45, 7) is 1.73. The molecule has 0 saturated heterocycles. The molecule has 2 unspecified atom stereocenters. The third kappa shape index (κ3) is 4.87. The van der Waals surface area contributed by atoms with E-state index in [0.717, 1.165) is 31.8 Å². The number of benzene rings is 2. The highest BCUT2D eigenvalue weighted by Gasteiger charge is 2.38. The smallest absolute Gasteiger partial charge is 0.215 e. The summed E-state index contributed by atoms with van der Waals surface area (Å²) in [6, 6.07) is 16.4. The van der Waals surface area contributed by atoms with Gasteiger partial charge in [0.15, 0.2) is 5.82 Å². The van der Waals surface area contributed by atoms with E-state index in [4.69, 9.17) is 11.6 Å². The fourth-order valence-electron chi connectivity index (χ4n) is 3.97. The molecule has 2 N–H and O–H groups in total. The fraction of sp³-hybridized carbons (Fsp3) is 0.280. The van der Waals surface area contributed by atoms with E-state index >= 15 is 0 Å². The normalized spacial score (nSPS) is 16.0. The lowest BCUT2D eigenvalue weighted by Crippen LogP contribution is -2.31. The number of nitrogens with zero attached hydrogens (tertiary/aromatic N) is 2. The van der Waals surface area contributed by atoms with Crippen LogP contribution in [-0.2, 0) is 16.4 Å². The van der Waals surface area contributed by atoms with Gasteiger partial charge >= 0.3 is 0 Å². The Hall–Kier alpha value is -2.36.